The van der Waals surface area contributed by atoms with E-state index in [0.29, 0.717) is 13.1 Å². The molecule has 0 spiro atoms. The van der Waals surface area contributed by atoms with Crippen LogP contribution in [0.25, 0.3) is 0 Å². The molecular formula is C56H62N6P2Pt. The molecule has 336 valence electrons. The van der Waals surface area contributed by atoms with Gasteiger partial charge >= 0.3 is 21.1 Å². The first kappa shape index (κ1) is 55.7. The largest absolute Gasteiger partial charge is 2.00 e. The summed E-state index contributed by atoms with van der Waals surface area (Å²) >= 11 is 0. The van der Waals surface area contributed by atoms with Crippen LogP contribution in [0.3, 0.4) is 0 Å². The molecule has 4 aromatic rings. The van der Waals surface area contributed by atoms with Gasteiger partial charge in [0.05, 0.1) is 13.1 Å². The van der Waals surface area contributed by atoms with E-state index in [2.05, 4.69) is 118 Å². The van der Waals surface area contributed by atoms with Crippen molar-refractivity contribution in [1.82, 2.24) is 10.9 Å². The summed E-state index contributed by atoms with van der Waals surface area (Å²) in [5.41, 5.74) is 12.7. The first-order chi connectivity index (χ1) is 31.5. The number of hydrogen-bond acceptors (Lipinski definition) is 6. The Bertz CT molecular complexity index is 2140. The minimum absolute atomic E-state index is 0. The fourth-order valence-electron chi connectivity index (χ4n) is 5.34. The van der Waals surface area contributed by atoms with Crippen molar-refractivity contribution in [3.8, 4) is 59.2 Å². The van der Waals surface area contributed by atoms with Crippen molar-refractivity contribution in [3.63, 3.8) is 0 Å². The predicted molar refractivity (Wildman–Crippen MR) is 273 cm³/mol. The Kier molecular flexibility index (Phi) is 31.6. The van der Waals surface area contributed by atoms with Gasteiger partial charge in [0, 0.05) is 33.4 Å². The molecule has 2 heterocycles. The van der Waals surface area contributed by atoms with Crippen molar-refractivity contribution in [2.75, 3.05) is 37.7 Å². The van der Waals surface area contributed by atoms with E-state index < -0.39 is 0 Å². The molecule has 0 aromatic heterocycles. The molecule has 2 N–H and O–H groups in total. The average Bonchev–Trinajstić information content (AvgIpc) is 4.09. The van der Waals surface area contributed by atoms with Crippen LogP contribution in [0.1, 0.15) is 124 Å². The van der Waals surface area contributed by atoms with Crippen LogP contribution in [0.5, 0.6) is 0 Å². The summed E-state index contributed by atoms with van der Waals surface area (Å²) in [4.78, 5) is 0. The van der Waals surface area contributed by atoms with Crippen LogP contribution >= 0.6 is 17.2 Å². The van der Waals surface area contributed by atoms with Crippen LogP contribution < -0.4 is 10.9 Å². The molecule has 0 saturated carbocycles. The van der Waals surface area contributed by atoms with Crippen LogP contribution in [0, 0.1) is 72.1 Å². The summed E-state index contributed by atoms with van der Waals surface area (Å²) in [5, 5.41) is 15.1. The summed E-state index contributed by atoms with van der Waals surface area (Å²) in [7, 11) is 2.49. The van der Waals surface area contributed by atoms with Crippen LogP contribution in [-0.4, -0.2) is 49.8 Å². The molecule has 0 bridgehead atoms. The van der Waals surface area contributed by atoms with Gasteiger partial charge in [-0.3, -0.25) is 22.7 Å². The second-order valence-corrected chi connectivity index (χ2v) is 17.7. The summed E-state index contributed by atoms with van der Waals surface area (Å²) in [5.74, 6) is 29.5. The van der Waals surface area contributed by atoms with Gasteiger partial charge in [-0.15, -0.1) is 52.6 Å². The molecule has 2 unspecified atom stereocenters. The van der Waals surface area contributed by atoms with Gasteiger partial charge in [0.15, 0.2) is 0 Å². The van der Waals surface area contributed by atoms with Crippen molar-refractivity contribution in [3.05, 3.63) is 154 Å². The summed E-state index contributed by atoms with van der Waals surface area (Å²) in [6.07, 6.45) is 31.3. The smallest absolute Gasteiger partial charge is 0.366 e. The normalized spacial score (nSPS) is 13.1. The standard InChI is InChI=1S/2C20H12N3.2C8H19P.Pt/c2*1-2-16-3-5-17(6-4-16)7-8-18-9-11-19(12-10-18)13-14-20-15-21-23-22-20;2*1-3-5-7-9-8-6-4-2;/h2*3-6,9-12,20H,15H2,(H,21,22);2*9H,3-8H2,1-2H3;/q2*-1;;;+2. The Hall–Kier alpha value is -5.41. The molecule has 4 aromatic carbocycles. The van der Waals surface area contributed by atoms with Crippen molar-refractivity contribution < 1.29 is 21.1 Å². The van der Waals surface area contributed by atoms with Gasteiger partial charge in [-0.25, -0.2) is 0 Å². The van der Waals surface area contributed by atoms with Crippen LogP contribution in [0.4, 0.5) is 0 Å². The average molecular weight is 1080 g/mol. The maximum Gasteiger partial charge on any atom is 2.00 e. The molecule has 9 heteroatoms. The Morgan fingerprint density at radius 3 is 0.892 bits per heavy atom. The Balaban J connectivity index is 0.000000325. The van der Waals surface area contributed by atoms with E-state index in [1.54, 1.807) is 0 Å². The number of hydrogen-bond donors (Lipinski definition) is 2. The minimum Gasteiger partial charge on any atom is -0.366 e. The Labute approximate surface area is 409 Å². The molecule has 0 aliphatic carbocycles. The summed E-state index contributed by atoms with van der Waals surface area (Å²) in [6.45, 7) is 10.3. The number of rotatable bonds is 12. The molecule has 0 radical (unpaired) electrons. The number of unbranched alkanes of at least 4 members (excludes halogenated alkanes) is 4. The zero-order valence-electron chi connectivity index (χ0n) is 38.4. The molecular weight excluding hydrogens is 1010 g/mol. The zero-order valence-corrected chi connectivity index (χ0v) is 42.7. The third-order valence-electron chi connectivity index (χ3n) is 9.24. The maximum atomic E-state index is 7.05. The second-order valence-electron chi connectivity index (χ2n) is 14.7. The first-order valence-electron chi connectivity index (χ1n) is 22.5. The van der Waals surface area contributed by atoms with Gasteiger partial charge in [0.2, 0.25) is 0 Å². The van der Waals surface area contributed by atoms with E-state index in [9.17, 15) is 0 Å². The van der Waals surface area contributed by atoms with E-state index in [1.807, 2.05) is 97.1 Å². The van der Waals surface area contributed by atoms with Gasteiger partial charge in [0.1, 0.15) is 12.1 Å². The quantitative estimate of drug-likeness (QED) is 0.0642. The number of nitrogens with zero attached hydrogens (tertiary/aromatic N) is 4. The molecule has 65 heavy (non-hydrogen) atoms. The van der Waals surface area contributed by atoms with Gasteiger partial charge < -0.3 is 12.8 Å². The van der Waals surface area contributed by atoms with Crippen molar-refractivity contribution >= 4 is 17.2 Å². The van der Waals surface area contributed by atoms with E-state index in [0.717, 1.165) is 44.5 Å². The van der Waals surface area contributed by atoms with E-state index in [-0.39, 0.29) is 33.1 Å². The molecule has 2 aliphatic rings. The molecule has 0 amide bonds. The molecule has 2 atom stereocenters. The van der Waals surface area contributed by atoms with Crippen molar-refractivity contribution in [2.24, 2.45) is 20.7 Å². The predicted octanol–water partition coefficient (Wildman–Crippen LogP) is 12.0. The first-order valence-corrected chi connectivity index (χ1v) is 25.3. The molecule has 2 aliphatic heterocycles. The van der Waals surface area contributed by atoms with Gasteiger partial charge in [0.25, 0.3) is 0 Å². The van der Waals surface area contributed by atoms with Gasteiger partial charge in [-0.05, 0) is 98.9 Å². The van der Waals surface area contributed by atoms with Crippen molar-refractivity contribution in [2.45, 2.75) is 91.1 Å². The zero-order chi connectivity index (χ0) is 45.7. The summed E-state index contributed by atoms with van der Waals surface area (Å²) in [6, 6.07) is 30.5. The number of benzene rings is 4. The maximum absolute atomic E-state index is 7.05. The monoisotopic (exact) mass is 1080 g/mol. The Morgan fingerprint density at radius 2 is 0.677 bits per heavy atom. The summed E-state index contributed by atoms with van der Waals surface area (Å²) < 4.78 is 0. The topological polar surface area (TPSA) is 73.5 Å². The second kappa shape index (κ2) is 36.9. The SMILES string of the molecule is CCCCPCCCC.CCCCPCCCC.[C-]#Cc1ccc(C#Cc2ccc(C#CC3CN=NN3)cc2)cc1.[C-]#Cc1ccc(C#Cc2ccc(C#CC3CN=NN3)cc2)cc1.[Pt+2]. The molecule has 0 fully saturated rings. The van der Waals surface area contributed by atoms with Crippen molar-refractivity contribution in [1.29, 1.82) is 0 Å². The van der Waals surface area contributed by atoms with E-state index in [1.165, 1.54) is 93.2 Å². The van der Waals surface area contributed by atoms with Crippen LogP contribution in [-0.2, 0) is 21.1 Å². The minimum atomic E-state index is 0. The van der Waals surface area contributed by atoms with Gasteiger partial charge in [-0.2, -0.15) is 10.2 Å². The third kappa shape index (κ3) is 26.2. The van der Waals surface area contributed by atoms with Crippen LogP contribution in [0.15, 0.2) is 118 Å². The fraction of sp³-hybridized carbons (Fsp3) is 0.357. The Morgan fingerprint density at radius 1 is 0.431 bits per heavy atom. The fourth-order valence-corrected chi connectivity index (χ4v) is 8.25. The molecule has 6 rings (SSSR count). The third-order valence-corrected chi connectivity index (χ3v) is 12.1. The van der Waals surface area contributed by atoms with E-state index >= 15 is 0 Å². The van der Waals surface area contributed by atoms with E-state index in [4.69, 9.17) is 12.8 Å². The molecule has 0 saturated heterocycles. The van der Waals surface area contributed by atoms with Gasteiger partial charge in [-0.1, -0.05) is 135 Å². The number of nitrogens with one attached hydrogen (secondary N) is 2. The molecule has 6 nitrogen and oxygen atoms in total. The van der Waals surface area contributed by atoms with Crippen LogP contribution in [0.2, 0.25) is 0 Å².